The molecule has 0 radical (unpaired) electrons. The third kappa shape index (κ3) is 3.16. The molecule has 6 nitrogen and oxygen atoms in total. The van der Waals surface area contributed by atoms with Crippen molar-refractivity contribution >= 4 is 28.2 Å². The molecule has 0 unspecified atom stereocenters. The molecule has 0 atom stereocenters. The lowest BCUT2D eigenvalue weighted by Crippen LogP contribution is -2.46. The fourth-order valence-electron chi connectivity index (χ4n) is 2.57. The molecule has 1 fully saturated rings. The quantitative estimate of drug-likeness (QED) is 0.903. The third-order valence-electron chi connectivity index (χ3n) is 3.98. The zero-order valence-corrected chi connectivity index (χ0v) is 14.0. The fraction of sp³-hybridized carbons (Fsp3) is 0.375. The molecule has 23 heavy (non-hydrogen) atoms. The lowest BCUT2D eigenvalue weighted by molar-refractivity contribution is 0.0736. The van der Waals surface area contributed by atoms with Gasteiger partial charge in [0.1, 0.15) is 5.00 Å². The van der Waals surface area contributed by atoms with Gasteiger partial charge in [0.2, 0.25) is 0 Å². The summed E-state index contributed by atoms with van der Waals surface area (Å²) < 4.78 is 5.11. The van der Waals surface area contributed by atoms with Crippen LogP contribution in [0.3, 0.4) is 0 Å². The Morgan fingerprint density at radius 2 is 2.04 bits per heavy atom. The summed E-state index contributed by atoms with van der Waals surface area (Å²) in [6.07, 6.45) is 1.45. The monoisotopic (exact) mass is 333 g/mol. The summed E-state index contributed by atoms with van der Waals surface area (Å²) in [6, 6.07) is 3.26. The van der Waals surface area contributed by atoms with Crippen molar-refractivity contribution in [1.29, 1.82) is 0 Å². The van der Waals surface area contributed by atoms with Crippen LogP contribution in [0.25, 0.3) is 0 Å². The van der Waals surface area contributed by atoms with E-state index in [0.717, 1.165) is 23.5 Å². The molecule has 1 saturated heterocycles. The highest BCUT2D eigenvalue weighted by molar-refractivity contribution is 7.16. The number of carbonyl (C=O) groups is 2. The number of amides is 2. The minimum atomic E-state index is -0.342. The SMILES string of the molecule is Cc1sc(NC(=O)c2ccco2)c(C(=O)N2CCNCC2)c1C. The van der Waals surface area contributed by atoms with Crippen molar-refractivity contribution in [3.05, 3.63) is 40.2 Å². The van der Waals surface area contributed by atoms with Crippen LogP contribution in [0.4, 0.5) is 5.00 Å². The van der Waals surface area contributed by atoms with Crippen molar-refractivity contribution in [1.82, 2.24) is 10.2 Å². The number of hydrogen-bond acceptors (Lipinski definition) is 5. The van der Waals surface area contributed by atoms with Gasteiger partial charge in [0, 0.05) is 31.1 Å². The van der Waals surface area contributed by atoms with Gasteiger partial charge in [0.15, 0.2) is 5.76 Å². The number of nitrogens with one attached hydrogen (secondary N) is 2. The van der Waals surface area contributed by atoms with Crippen LogP contribution in [-0.4, -0.2) is 42.9 Å². The highest BCUT2D eigenvalue weighted by Crippen LogP contribution is 2.33. The molecular formula is C16H19N3O3S. The van der Waals surface area contributed by atoms with E-state index in [0.29, 0.717) is 23.7 Å². The molecule has 0 aromatic carbocycles. The van der Waals surface area contributed by atoms with Gasteiger partial charge in [0.05, 0.1) is 11.8 Å². The summed E-state index contributed by atoms with van der Waals surface area (Å²) in [7, 11) is 0. The predicted octanol–water partition coefficient (Wildman–Crippen LogP) is 2.26. The second-order valence-electron chi connectivity index (χ2n) is 5.46. The number of anilines is 1. The first-order valence-corrected chi connectivity index (χ1v) is 8.34. The number of aryl methyl sites for hydroxylation is 1. The number of thiophene rings is 1. The van der Waals surface area contributed by atoms with E-state index in [4.69, 9.17) is 4.42 Å². The Kier molecular flexibility index (Phi) is 4.49. The van der Waals surface area contributed by atoms with Crippen molar-refractivity contribution in [3.63, 3.8) is 0 Å². The van der Waals surface area contributed by atoms with E-state index in [-0.39, 0.29) is 17.6 Å². The predicted molar refractivity (Wildman–Crippen MR) is 89.2 cm³/mol. The molecule has 0 saturated carbocycles. The maximum Gasteiger partial charge on any atom is 0.291 e. The topological polar surface area (TPSA) is 74.6 Å². The highest BCUT2D eigenvalue weighted by atomic mass is 32.1. The smallest absolute Gasteiger partial charge is 0.291 e. The van der Waals surface area contributed by atoms with Crippen molar-refractivity contribution in [2.45, 2.75) is 13.8 Å². The van der Waals surface area contributed by atoms with E-state index in [1.165, 1.54) is 17.6 Å². The molecule has 2 N–H and O–H groups in total. The summed E-state index contributed by atoms with van der Waals surface area (Å²) in [4.78, 5) is 27.9. The van der Waals surface area contributed by atoms with E-state index in [9.17, 15) is 9.59 Å². The van der Waals surface area contributed by atoms with Crippen LogP contribution in [0, 0.1) is 13.8 Å². The van der Waals surface area contributed by atoms with Crippen molar-refractivity contribution < 1.29 is 14.0 Å². The summed E-state index contributed by atoms with van der Waals surface area (Å²) in [5.41, 5.74) is 1.52. The number of nitrogens with zero attached hydrogens (tertiary/aromatic N) is 1. The van der Waals surface area contributed by atoms with Gasteiger partial charge >= 0.3 is 0 Å². The average Bonchev–Trinajstić information content (AvgIpc) is 3.17. The van der Waals surface area contributed by atoms with Gasteiger partial charge in [-0.25, -0.2) is 0 Å². The van der Waals surface area contributed by atoms with Crippen LogP contribution in [0.2, 0.25) is 0 Å². The number of rotatable bonds is 3. The number of furan rings is 1. The average molecular weight is 333 g/mol. The first-order valence-electron chi connectivity index (χ1n) is 7.52. The van der Waals surface area contributed by atoms with Gasteiger partial charge in [-0.05, 0) is 31.5 Å². The second-order valence-corrected chi connectivity index (χ2v) is 6.69. The molecule has 2 aromatic rings. The summed E-state index contributed by atoms with van der Waals surface area (Å²) >= 11 is 1.42. The Balaban J connectivity index is 1.87. The molecule has 1 aliphatic heterocycles. The maximum atomic E-state index is 12.9. The van der Waals surface area contributed by atoms with Crippen LogP contribution < -0.4 is 10.6 Å². The molecule has 0 aliphatic carbocycles. The van der Waals surface area contributed by atoms with E-state index >= 15 is 0 Å². The Labute approximate surface area is 138 Å². The molecule has 2 aromatic heterocycles. The second kappa shape index (κ2) is 6.55. The molecular weight excluding hydrogens is 314 g/mol. The highest BCUT2D eigenvalue weighted by Gasteiger charge is 2.26. The summed E-state index contributed by atoms with van der Waals surface area (Å²) in [6.45, 7) is 6.82. The standard InChI is InChI=1S/C16H19N3O3S/c1-10-11(2)23-15(18-14(20)12-4-3-9-22-12)13(10)16(21)19-7-5-17-6-8-19/h3-4,9,17H,5-8H2,1-2H3,(H,18,20). The van der Waals surface area contributed by atoms with Gasteiger partial charge in [-0.1, -0.05) is 0 Å². The summed E-state index contributed by atoms with van der Waals surface area (Å²) in [5, 5.41) is 6.64. The van der Waals surface area contributed by atoms with Crippen LogP contribution in [0.5, 0.6) is 0 Å². The van der Waals surface area contributed by atoms with E-state index in [1.54, 1.807) is 12.1 Å². The minimum Gasteiger partial charge on any atom is -0.459 e. The minimum absolute atomic E-state index is 0.0249. The summed E-state index contributed by atoms with van der Waals surface area (Å²) in [5.74, 6) is -0.136. The van der Waals surface area contributed by atoms with Crippen LogP contribution in [0.15, 0.2) is 22.8 Å². The molecule has 3 rings (SSSR count). The Morgan fingerprint density at radius 1 is 1.30 bits per heavy atom. The molecule has 2 amide bonds. The van der Waals surface area contributed by atoms with Crippen LogP contribution in [0.1, 0.15) is 31.4 Å². The van der Waals surface area contributed by atoms with E-state index in [1.807, 2.05) is 18.7 Å². The zero-order valence-electron chi connectivity index (χ0n) is 13.1. The number of carbonyl (C=O) groups excluding carboxylic acids is 2. The largest absolute Gasteiger partial charge is 0.459 e. The number of piperazine rings is 1. The van der Waals surface area contributed by atoms with Gasteiger partial charge in [-0.3, -0.25) is 9.59 Å². The molecule has 0 spiro atoms. The normalized spacial score (nSPS) is 14.8. The Hall–Kier alpha value is -2.12. The molecule has 0 bridgehead atoms. The van der Waals surface area contributed by atoms with Crippen LogP contribution >= 0.6 is 11.3 Å². The zero-order chi connectivity index (χ0) is 16.4. The fourth-order valence-corrected chi connectivity index (χ4v) is 3.62. The van der Waals surface area contributed by atoms with Crippen molar-refractivity contribution in [2.75, 3.05) is 31.5 Å². The van der Waals surface area contributed by atoms with Gasteiger partial charge in [-0.15, -0.1) is 11.3 Å². The Bertz CT molecular complexity index is 715. The first-order chi connectivity index (χ1) is 11.1. The lowest BCUT2D eigenvalue weighted by atomic mass is 10.1. The van der Waals surface area contributed by atoms with E-state index in [2.05, 4.69) is 10.6 Å². The van der Waals surface area contributed by atoms with Crippen molar-refractivity contribution in [2.24, 2.45) is 0 Å². The Morgan fingerprint density at radius 3 is 2.70 bits per heavy atom. The molecule has 1 aliphatic rings. The molecule has 7 heteroatoms. The molecule has 3 heterocycles. The molecule has 122 valence electrons. The van der Waals surface area contributed by atoms with Crippen molar-refractivity contribution in [3.8, 4) is 0 Å². The van der Waals surface area contributed by atoms with Gasteiger partial charge < -0.3 is 20.0 Å². The van der Waals surface area contributed by atoms with Gasteiger partial charge in [-0.2, -0.15) is 0 Å². The lowest BCUT2D eigenvalue weighted by Gasteiger charge is -2.27. The number of hydrogen-bond donors (Lipinski definition) is 2. The van der Waals surface area contributed by atoms with Gasteiger partial charge in [0.25, 0.3) is 11.8 Å². The van der Waals surface area contributed by atoms with Crippen LogP contribution in [-0.2, 0) is 0 Å². The maximum absolute atomic E-state index is 12.9. The first kappa shape index (κ1) is 15.8. The van der Waals surface area contributed by atoms with E-state index < -0.39 is 0 Å². The third-order valence-corrected chi connectivity index (χ3v) is 5.10.